The summed E-state index contributed by atoms with van der Waals surface area (Å²) in [6.45, 7) is -0.155. The molecular weight excluding hydrogens is 278 g/mol. The van der Waals surface area contributed by atoms with E-state index in [9.17, 15) is 13.5 Å². The maximum absolute atomic E-state index is 11.4. The Bertz CT molecular complexity index is 726. The van der Waals surface area contributed by atoms with Gasteiger partial charge in [-0.2, -0.15) is 0 Å². The molecule has 0 bridgehead atoms. The Hall–Kier alpha value is -2.05. The van der Waals surface area contributed by atoms with Crippen molar-refractivity contribution < 1.29 is 18.3 Å². The molecule has 3 N–H and O–H groups in total. The summed E-state index contributed by atoms with van der Waals surface area (Å²) >= 11 is 0. The third-order valence-corrected chi connectivity index (χ3v) is 3.88. The minimum absolute atomic E-state index is 0.137. The molecular formula is C14H15NO4S. The summed E-state index contributed by atoms with van der Waals surface area (Å²) in [5.74, 6) is 0.826. The van der Waals surface area contributed by atoms with Crippen LogP contribution in [0.4, 0.5) is 5.69 Å². The topological polar surface area (TPSA) is 89.6 Å². The highest BCUT2D eigenvalue weighted by Crippen LogP contribution is 2.31. The summed E-state index contributed by atoms with van der Waals surface area (Å²) in [6, 6.07) is 11.3. The average Bonchev–Trinajstić information content (AvgIpc) is 2.40. The fourth-order valence-electron chi connectivity index (χ4n) is 1.70. The molecule has 6 heteroatoms. The van der Waals surface area contributed by atoms with Gasteiger partial charge in [0.1, 0.15) is 11.5 Å². The zero-order chi connectivity index (χ0) is 14.8. The highest BCUT2D eigenvalue weighted by atomic mass is 32.2. The second-order valence-corrected chi connectivity index (χ2v) is 6.36. The maximum atomic E-state index is 11.4. The van der Waals surface area contributed by atoms with Crippen LogP contribution >= 0.6 is 0 Å². The molecule has 0 aliphatic heterocycles. The number of sulfone groups is 1. The molecule has 0 spiro atoms. The number of ether oxygens (including phenoxy) is 1. The highest BCUT2D eigenvalue weighted by Gasteiger charge is 2.11. The van der Waals surface area contributed by atoms with Crippen LogP contribution in [0.5, 0.6) is 11.5 Å². The number of hydrogen-bond acceptors (Lipinski definition) is 5. The average molecular weight is 293 g/mol. The van der Waals surface area contributed by atoms with Crippen molar-refractivity contribution in [2.24, 2.45) is 0 Å². The van der Waals surface area contributed by atoms with E-state index < -0.39 is 9.84 Å². The number of nitrogens with two attached hydrogens (primary N) is 1. The molecule has 0 radical (unpaired) electrons. The van der Waals surface area contributed by atoms with Crippen LogP contribution in [0.3, 0.4) is 0 Å². The van der Waals surface area contributed by atoms with E-state index in [1.165, 1.54) is 18.2 Å². The first-order valence-corrected chi connectivity index (χ1v) is 7.77. The molecule has 0 aliphatic rings. The second-order valence-electron chi connectivity index (χ2n) is 4.34. The largest absolute Gasteiger partial charge is 0.455 e. The number of hydrogen-bond donors (Lipinski definition) is 2. The molecule has 0 saturated carbocycles. The van der Waals surface area contributed by atoms with Crippen molar-refractivity contribution in [3.05, 3.63) is 48.0 Å². The first-order chi connectivity index (χ1) is 9.41. The summed E-state index contributed by atoms with van der Waals surface area (Å²) in [4.78, 5) is 0.137. The van der Waals surface area contributed by atoms with Crippen molar-refractivity contribution >= 4 is 15.5 Å². The van der Waals surface area contributed by atoms with Crippen molar-refractivity contribution in [1.82, 2.24) is 0 Å². The Morgan fingerprint density at radius 3 is 2.45 bits per heavy atom. The number of para-hydroxylation sites is 1. The van der Waals surface area contributed by atoms with Crippen molar-refractivity contribution in [1.29, 1.82) is 0 Å². The fourth-order valence-corrected chi connectivity index (χ4v) is 2.36. The van der Waals surface area contributed by atoms with Crippen molar-refractivity contribution in [3.63, 3.8) is 0 Å². The number of benzene rings is 2. The summed E-state index contributed by atoms with van der Waals surface area (Å²) in [5.41, 5.74) is 6.65. The van der Waals surface area contributed by atoms with Gasteiger partial charge < -0.3 is 15.6 Å². The van der Waals surface area contributed by atoms with E-state index in [4.69, 9.17) is 10.5 Å². The predicted octanol–water partition coefficient (Wildman–Crippen LogP) is 1.96. The highest BCUT2D eigenvalue weighted by molar-refractivity contribution is 7.90. The van der Waals surface area contributed by atoms with Crippen LogP contribution in [-0.2, 0) is 16.4 Å². The summed E-state index contributed by atoms with van der Waals surface area (Å²) in [6.07, 6.45) is 1.11. The third kappa shape index (κ3) is 3.09. The molecule has 0 amide bonds. The predicted molar refractivity (Wildman–Crippen MR) is 76.4 cm³/mol. The fraction of sp³-hybridized carbons (Fsp3) is 0.143. The number of aliphatic hydroxyl groups excluding tert-OH is 1. The molecule has 2 rings (SSSR count). The van der Waals surface area contributed by atoms with Crippen LogP contribution in [0.2, 0.25) is 0 Å². The lowest BCUT2D eigenvalue weighted by atomic mass is 10.2. The van der Waals surface area contributed by atoms with Gasteiger partial charge in [-0.05, 0) is 24.3 Å². The molecule has 106 valence electrons. The first kappa shape index (κ1) is 14.4. The third-order valence-electron chi connectivity index (χ3n) is 2.77. The Morgan fingerprint density at radius 2 is 1.85 bits per heavy atom. The standard InChI is InChI=1S/C14H15NO4S/c1-20(17,18)11-6-7-14(12(15)8-11)19-13-5-3-2-4-10(13)9-16/h2-8,16H,9,15H2,1H3. The van der Waals surface area contributed by atoms with Gasteiger partial charge in [-0.1, -0.05) is 18.2 Å². The zero-order valence-corrected chi connectivity index (χ0v) is 11.7. The van der Waals surface area contributed by atoms with E-state index in [2.05, 4.69) is 0 Å². The first-order valence-electron chi connectivity index (χ1n) is 5.88. The Labute approximate surface area is 117 Å². The second kappa shape index (κ2) is 5.52. The number of nitrogen functional groups attached to an aromatic ring is 1. The molecule has 20 heavy (non-hydrogen) atoms. The molecule has 2 aromatic rings. The van der Waals surface area contributed by atoms with Crippen LogP contribution in [0.25, 0.3) is 0 Å². The van der Waals surface area contributed by atoms with Crippen LogP contribution < -0.4 is 10.5 Å². The smallest absolute Gasteiger partial charge is 0.175 e. The minimum Gasteiger partial charge on any atom is -0.455 e. The van der Waals surface area contributed by atoms with E-state index >= 15 is 0 Å². The van der Waals surface area contributed by atoms with Crippen LogP contribution in [0, 0.1) is 0 Å². The summed E-state index contributed by atoms with van der Waals surface area (Å²) < 4.78 is 28.5. The van der Waals surface area contributed by atoms with E-state index in [1.54, 1.807) is 24.3 Å². The van der Waals surface area contributed by atoms with Gasteiger partial charge in [0.05, 0.1) is 17.2 Å². The van der Waals surface area contributed by atoms with E-state index in [-0.39, 0.29) is 17.2 Å². The molecule has 0 aliphatic carbocycles. The number of aliphatic hydroxyl groups is 1. The minimum atomic E-state index is -3.30. The van der Waals surface area contributed by atoms with Crippen molar-refractivity contribution in [2.45, 2.75) is 11.5 Å². The van der Waals surface area contributed by atoms with Crippen LogP contribution in [-0.4, -0.2) is 19.8 Å². The van der Waals surface area contributed by atoms with Gasteiger partial charge in [0.15, 0.2) is 9.84 Å². The summed E-state index contributed by atoms with van der Waals surface area (Å²) in [7, 11) is -3.30. The van der Waals surface area contributed by atoms with E-state index in [0.29, 0.717) is 17.1 Å². The SMILES string of the molecule is CS(=O)(=O)c1ccc(Oc2ccccc2CO)c(N)c1. The molecule has 0 unspecified atom stereocenters. The lowest BCUT2D eigenvalue weighted by molar-refractivity contribution is 0.276. The maximum Gasteiger partial charge on any atom is 0.175 e. The van der Waals surface area contributed by atoms with Crippen LogP contribution in [0.1, 0.15) is 5.56 Å². The lowest BCUT2D eigenvalue weighted by Gasteiger charge is -2.12. The van der Waals surface area contributed by atoms with E-state index in [0.717, 1.165) is 6.26 Å². The van der Waals surface area contributed by atoms with Crippen LogP contribution in [0.15, 0.2) is 47.4 Å². The molecule has 2 aromatic carbocycles. The number of anilines is 1. The molecule has 5 nitrogen and oxygen atoms in total. The van der Waals surface area contributed by atoms with Gasteiger partial charge >= 0.3 is 0 Å². The Balaban J connectivity index is 2.35. The van der Waals surface area contributed by atoms with Gasteiger partial charge in [0, 0.05) is 11.8 Å². The molecule has 0 saturated heterocycles. The van der Waals surface area contributed by atoms with Crippen molar-refractivity contribution in [2.75, 3.05) is 12.0 Å². The van der Waals surface area contributed by atoms with Gasteiger partial charge in [-0.3, -0.25) is 0 Å². The summed E-state index contributed by atoms with van der Waals surface area (Å²) in [5, 5.41) is 9.23. The molecule has 0 aromatic heterocycles. The lowest BCUT2D eigenvalue weighted by Crippen LogP contribution is -2.00. The monoisotopic (exact) mass is 293 g/mol. The Morgan fingerprint density at radius 1 is 1.15 bits per heavy atom. The van der Waals surface area contributed by atoms with Gasteiger partial charge in [0.25, 0.3) is 0 Å². The number of rotatable bonds is 4. The van der Waals surface area contributed by atoms with Gasteiger partial charge in [-0.25, -0.2) is 8.42 Å². The molecule has 0 heterocycles. The van der Waals surface area contributed by atoms with Gasteiger partial charge in [0.2, 0.25) is 0 Å². The van der Waals surface area contributed by atoms with Crippen molar-refractivity contribution in [3.8, 4) is 11.5 Å². The molecule has 0 atom stereocenters. The quantitative estimate of drug-likeness (QED) is 0.841. The zero-order valence-electron chi connectivity index (χ0n) is 10.9. The Kier molecular flexibility index (Phi) is 3.96. The normalized spacial score (nSPS) is 11.3. The van der Waals surface area contributed by atoms with E-state index in [1.807, 2.05) is 0 Å². The van der Waals surface area contributed by atoms with Gasteiger partial charge in [-0.15, -0.1) is 0 Å². The molecule has 0 fully saturated rings.